The number of nitrogens with zero attached hydrogens (tertiary/aromatic N) is 2. The van der Waals surface area contributed by atoms with E-state index in [0.29, 0.717) is 6.20 Å². The van der Waals surface area contributed by atoms with Crippen LogP contribution in [0.2, 0.25) is 0 Å². The molecule has 0 aliphatic carbocycles. The number of hydrogen-bond acceptors (Lipinski definition) is 3. The Morgan fingerprint density at radius 1 is 1.57 bits per heavy atom. The van der Waals surface area contributed by atoms with Gasteiger partial charge in [0.2, 0.25) is 5.88 Å². The molecule has 0 fully saturated rings. The topological polar surface area (TPSA) is 45.9 Å². The molecule has 1 aromatic heterocycles. The third-order valence-corrected chi connectivity index (χ3v) is 1.56. The van der Waals surface area contributed by atoms with Gasteiger partial charge in [-0.05, 0) is 0 Å². The summed E-state index contributed by atoms with van der Waals surface area (Å²) in [5, 5.41) is 8.53. The van der Waals surface area contributed by atoms with Gasteiger partial charge in [0.1, 0.15) is 11.6 Å². The summed E-state index contributed by atoms with van der Waals surface area (Å²) in [7, 11) is 1.16. The molecule has 14 heavy (non-hydrogen) atoms. The van der Waals surface area contributed by atoms with Crippen LogP contribution in [0.4, 0.5) is 13.2 Å². The Labute approximate surface area is 77.7 Å². The number of methoxy groups -OCH3 is 1. The van der Waals surface area contributed by atoms with Crippen LogP contribution in [0, 0.1) is 17.1 Å². The number of alkyl halides is 2. The molecule has 6 heteroatoms. The van der Waals surface area contributed by atoms with E-state index in [4.69, 9.17) is 5.26 Å². The minimum Gasteiger partial charge on any atom is -0.480 e. The second-order valence-corrected chi connectivity index (χ2v) is 2.32. The van der Waals surface area contributed by atoms with Crippen LogP contribution in [0.25, 0.3) is 0 Å². The molecule has 0 unspecified atom stereocenters. The van der Waals surface area contributed by atoms with E-state index in [-0.39, 0.29) is 5.88 Å². The summed E-state index contributed by atoms with van der Waals surface area (Å²) < 4.78 is 42.0. The highest BCUT2D eigenvalue weighted by Gasteiger charge is 2.22. The molecule has 0 saturated heterocycles. The van der Waals surface area contributed by atoms with Crippen LogP contribution < -0.4 is 4.74 Å². The lowest BCUT2D eigenvalue weighted by molar-refractivity contribution is 0.145. The van der Waals surface area contributed by atoms with E-state index in [9.17, 15) is 13.2 Å². The Bertz CT molecular complexity index is 387. The number of halogens is 3. The van der Waals surface area contributed by atoms with Crippen LogP contribution in [-0.2, 0) is 0 Å². The second kappa shape index (κ2) is 3.96. The van der Waals surface area contributed by atoms with E-state index in [1.807, 2.05) is 0 Å². The first-order chi connectivity index (χ1) is 6.61. The fourth-order valence-electron chi connectivity index (χ4n) is 0.960. The molecule has 0 N–H and O–H groups in total. The second-order valence-electron chi connectivity index (χ2n) is 2.32. The van der Waals surface area contributed by atoms with E-state index in [1.54, 1.807) is 0 Å². The summed E-state index contributed by atoms with van der Waals surface area (Å²) in [5.41, 5.74) is -1.54. The molecule has 0 amide bonds. The van der Waals surface area contributed by atoms with Gasteiger partial charge in [0.05, 0.1) is 18.9 Å². The first kappa shape index (κ1) is 10.3. The van der Waals surface area contributed by atoms with Gasteiger partial charge in [-0.25, -0.2) is 18.2 Å². The Kier molecular flexibility index (Phi) is 2.92. The van der Waals surface area contributed by atoms with Gasteiger partial charge in [0.25, 0.3) is 6.43 Å². The predicted molar refractivity (Wildman–Crippen MR) is 40.4 cm³/mol. The van der Waals surface area contributed by atoms with Crippen LogP contribution in [0.15, 0.2) is 6.20 Å². The zero-order valence-corrected chi connectivity index (χ0v) is 7.09. The maximum atomic E-state index is 12.9. The highest BCUT2D eigenvalue weighted by Crippen LogP contribution is 2.29. The van der Waals surface area contributed by atoms with E-state index < -0.39 is 23.4 Å². The number of rotatable bonds is 2. The van der Waals surface area contributed by atoms with Crippen molar-refractivity contribution < 1.29 is 17.9 Å². The van der Waals surface area contributed by atoms with E-state index in [1.165, 1.54) is 6.07 Å². The number of nitriles is 1. The van der Waals surface area contributed by atoms with Crippen LogP contribution in [0.5, 0.6) is 5.88 Å². The van der Waals surface area contributed by atoms with Crippen LogP contribution in [0.3, 0.4) is 0 Å². The summed E-state index contributed by atoms with van der Waals surface area (Å²) >= 11 is 0. The standard InChI is InChI=1S/C8H5F3N2O/c1-14-8-4(2-12)6(7(10)11)5(9)3-13-8/h3,7H,1H3. The lowest BCUT2D eigenvalue weighted by Gasteiger charge is -2.07. The van der Waals surface area contributed by atoms with Crippen molar-refractivity contribution in [1.29, 1.82) is 5.26 Å². The fourth-order valence-corrected chi connectivity index (χ4v) is 0.960. The average molecular weight is 202 g/mol. The van der Waals surface area contributed by atoms with Crippen LogP contribution >= 0.6 is 0 Å². The third-order valence-electron chi connectivity index (χ3n) is 1.56. The summed E-state index contributed by atoms with van der Waals surface area (Å²) in [4.78, 5) is 3.36. The molecule has 74 valence electrons. The lowest BCUT2D eigenvalue weighted by Crippen LogP contribution is -2.01. The van der Waals surface area contributed by atoms with E-state index in [0.717, 1.165) is 7.11 Å². The summed E-state index contributed by atoms with van der Waals surface area (Å²) in [6.07, 6.45) is -2.47. The Morgan fingerprint density at radius 3 is 2.64 bits per heavy atom. The van der Waals surface area contributed by atoms with E-state index in [2.05, 4.69) is 9.72 Å². The molecule has 1 rings (SSSR count). The first-order valence-corrected chi connectivity index (χ1v) is 3.52. The summed E-state index contributed by atoms with van der Waals surface area (Å²) in [5.74, 6) is -1.51. The quantitative estimate of drug-likeness (QED) is 0.737. The maximum absolute atomic E-state index is 12.9. The molecule has 3 nitrogen and oxygen atoms in total. The monoisotopic (exact) mass is 202 g/mol. The molecule has 0 atom stereocenters. The molecule has 0 aliphatic rings. The van der Waals surface area contributed by atoms with Crippen molar-refractivity contribution in [2.24, 2.45) is 0 Å². The first-order valence-electron chi connectivity index (χ1n) is 3.52. The number of hydrogen-bond donors (Lipinski definition) is 0. The van der Waals surface area contributed by atoms with Crippen LogP contribution in [0.1, 0.15) is 17.6 Å². The molecule has 0 spiro atoms. The SMILES string of the molecule is COc1ncc(F)c(C(F)F)c1C#N. The van der Waals surface area contributed by atoms with Gasteiger partial charge in [-0.1, -0.05) is 0 Å². The Hall–Kier alpha value is -1.77. The highest BCUT2D eigenvalue weighted by atomic mass is 19.3. The van der Waals surface area contributed by atoms with Crippen molar-refractivity contribution in [3.8, 4) is 11.9 Å². The molecular formula is C8H5F3N2O. The molecule has 1 heterocycles. The largest absolute Gasteiger partial charge is 0.480 e. The van der Waals surface area contributed by atoms with Gasteiger partial charge in [-0.3, -0.25) is 0 Å². The van der Waals surface area contributed by atoms with Crippen LogP contribution in [-0.4, -0.2) is 12.1 Å². The maximum Gasteiger partial charge on any atom is 0.268 e. The van der Waals surface area contributed by atoms with Gasteiger partial charge in [0, 0.05) is 0 Å². The number of aromatic nitrogens is 1. The van der Waals surface area contributed by atoms with Crippen molar-refractivity contribution in [3.05, 3.63) is 23.1 Å². The van der Waals surface area contributed by atoms with Crippen molar-refractivity contribution in [3.63, 3.8) is 0 Å². The summed E-state index contributed by atoms with van der Waals surface area (Å²) in [6, 6.07) is 1.43. The minimum absolute atomic E-state index is 0.302. The zero-order valence-electron chi connectivity index (χ0n) is 7.09. The predicted octanol–water partition coefficient (Wildman–Crippen LogP) is 2.04. The van der Waals surface area contributed by atoms with Crippen molar-refractivity contribution in [2.75, 3.05) is 7.11 Å². The lowest BCUT2D eigenvalue weighted by atomic mass is 10.1. The minimum atomic E-state index is -3.07. The highest BCUT2D eigenvalue weighted by molar-refractivity contribution is 5.45. The van der Waals surface area contributed by atoms with Gasteiger partial charge >= 0.3 is 0 Å². The van der Waals surface area contributed by atoms with Crippen molar-refractivity contribution in [2.45, 2.75) is 6.43 Å². The van der Waals surface area contributed by atoms with Gasteiger partial charge in [0.15, 0.2) is 5.82 Å². The summed E-state index contributed by atoms with van der Waals surface area (Å²) in [6.45, 7) is 0. The third kappa shape index (κ3) is 1.62. The Morgan fingerprint density at radius 2 is 2.21 bits per heavy atom. The fraction of sp³-hybridized carbons (Fsp3) is 0.250. The molecule has 0 aliphatic heterocycles. The van der Waals surface area contributed by atoms with Gasteiger partial charge in [-0.2, -0.15) is 5.26 Å². The van der Waals surface area contributed by atoms with Gasteiger partial charge < -0.3 is 4.74 Å². The smallest absolute Gasteiger partial charge is 0.268 e. The van der Waals surface area contributed by atoms with Crippen molar-refractivity contribution in [1.82, 2.24) is 4.98 Å². The molecule has 0 bridgehead atoms. The zero-order chi connectivity index (χ0) is 10.7. The molecule has 0 aromatic carbocycles. The Balaban J connectivity index is 3.45. The molecular weight excluding hydrogens is 197 g/mol. The number of pyridine rings is 1. The molecule has 1 aromatic rings. The molecule has 0 radical (unpaired) electrons. The number of ether oxygens (including phenoxy) is 1. The molecule has 0 saturated carbocycles. The van der Waals surface area contributed by atoms with E-state index >= 15 is 0 Å². The normalized spacial score (nSPS) is 10.0. The van der Waals surface area contributed by atoms with Crippen molar-refractivity contribution >= 4 is 0 Å². The van der Waals surface area contributed by atoms with Gasteiger partial charge in [-0.15, -0.1) is 0 Å². The average Bonchev–Trinajstić information content (AvgIpc) is 2.16.